The maximum Gasteiger partial charge on any atom is 0.261 e. The van der Waals surface area contributed by atoms with Crippen molar-refractivity contribution in [1.82, 2.24) is 10.2 Å². The van der Waals surface area contributed by atoms with Crippen molar-refractivity contribution in [3.63, 3.8) is 0 Å². The van der Waals surface area contributed by atoms with Crippen LogP contribution in [0.4, 0.5) is 0 Å². The molecule has 2 amide bonds. The Morgan fingerprint density at radius 3 is 2.23 bits per heavy atom. The normalized spacial score (nSPS) is 11.5. The highest BCUT2D eigenvalue weighted by Crippen LogP contribution is 2.17. The molecule has 0 aromatic heterocycles. The fourth-order valence-electron chi connectivity index (χ4n) is 3.63. The van der Waals surface area contributed by atoms with Gasteiger partial charge in [0.25, 0.3) is 5.91 Å². The Morgan fingerprint density at radius 1 is 0.914 bits per heavy atom. The van der Waals surface area contributed by atoms with Crippen molar-refractivity contribution in [3.8, 4) is 5.75 Å². The summed E-state index contributed by atoms with van der Waals surface area (Å²) in [7, 11) is 1.62. The lowest BCUT2D eigenvalue weighted by Crippen LogP contribution is -2.51. The van der Waals surface area contributed by atoms with Gasteiger partial charge in [-0.15, -0.1) is 0 Å². The summed E-state index contributed by atoms with van der Waals surface area (Å²) in [5.41, 5.74) is 1.83. The Morgan fingerprint density at radius 2 is 1.57 bits per heavy atom. The number of ether oxygens (including phenoxy) is 2. The summed E-state index contributed by atoms with van der Waals surface area (Å²) in [6.45, 7) is 1.07. The lowest BCUT2D eigenvalue weighted by atomic mass is 10.0. The third-order valence-corrected chi connectivity index (χ3v) is 5.72. The van der Waals surface area contributed by atoms with E-state index in [2.05, 4.69) is 5.32 Å². The van der Waals surface area contributed by atoms with E-state index in [-0.39, 0.29) is 25.0 Å². The molecule has 0 bridgehead atoms. The minimum Gasteiger partial charge on any atom is -0.484 e. The Balaban J connectivity index is 1.85. The molecule has 0 spiro atoms. The van der Waals surface area contributed by atoms with Gasteiger partial charge >= 0.3 is 0 Å². The smallest absolute Gasteiger partial charge is 0.261 e. The van der Waals surface area contributed by atoms with Gasteiger partial charge in [-0.2, -0.15) is 0 Å². The molecule has 0 radical (unpaired) electrons. The van der Waals surface area contributed by atoms with Gasteiger partial charge in [0.05, 0.1) is 0 Å². The van der Waals surface area contributed by atoms with Crippen LogP contribution in [-0.4, -0.2) is 49.6 Å². The molecule has 3 rings (SSSR count). The van der Waals surface area contributed by atoms with Crippen molar-refractivity contribution in [2.45, 2.75) is 25.4 Å². The number of benzene rings is 3. The number of methoxy groups -OCH3 is 1. The Kier molecular flexibility index (Phi) is 10.6. The molecular formula is C28H31ClN2O4. The average Bonchev–Trinajstić information content (AvgIpc) is 2.89. The van der Waals surface area contributed by atoms with E-state index >= 15 is 0 Å². The minimum absolute atomic E-state index is 0.181. The molecule has 0 saturated carbocycles. The number of rotatable bonds is 13. The van der Waals surface area contributed by atoms with Gasteiger partial charge in [0.2, 0.25) is 5.91 Å². The Hall–Kier alpha value is -3.35. The van der Waals surface area contributed by atoms with Crippen molar-refractivity contribution >= 4 is 23.4 Å². The number of carbonyl (C=O) groups excluding carboxylic acids is 2. The van der Waals surface area contributed by atoms with E-state index in [1.807, 2.05) is 60.7 Å². The molecular weight excluding hydrogens is 464 g/mol. The Bertz CT molecular complexity index is 1050. The third-order valence-electron chi connectivity index (χ3n) is 5.47. The zero-order valence-corrected chi connectivity index (χ0v) is 20.6. The average molecular weight is 495 g/mol. The van der Waals surface area contributed by atoms with Crippen LogP contribution in [0, 0.1) is 0 Å². The van der Waals surface area contributed by atoms with Gasteiger partial charge in [0, 0.05) is 38.2 Å². The quantitative estimate of drug-likeness (QED) is 0.355. The molecule has 0 aliphatic carbocycles. The van der Waals surface area contributed by atoms with E-state index in [1.165, 1.54) is 0 Å². The molecule has 1 unspecified atom stereocenters. The molecule has 1 atom stereocenters. The maximum atomic E-state index is 13.5. The monoisotopic (exact) mass is 494 g/mol. The molecule has 35 heavy (non-hydrogen) atoms. The number of para-hydroxylation sites is 1. The molecule has 184 valence electrons. The first-order valence-electron chi connectivity index (χ1n) is 11.6. The van der Waals surface area contributed by atoms with Gasteiger partial charge in [-0.05, 0) is 41.8 Å². The fourth-order valence-corrected chi connectivity index (χ4v) is 3.76. The van der Waals surface area contributed by atoms with Crippen LogP contribution in [0.2, 0.25) is 5.02 Å². The van der Waals surface area contributed by atoms with Gasteiger partial charge in [0.15, 0.2) is 6.61 Å². The lowest BCUT2D eigenvalue weighted by molar-refractivity contribution is -0.142. The first-order valence-corrected chi connectivity index (χ1v) is 12.0. The number of amides is 2. The number of hydrogen-bond acceptors (Lipinski definition) is 4. The van der Waals surface area contributed by atoms with Gasteiger partial charge < -0.3 is 19.7 Å². The first-order chi connectivity index (χ1) is 17.1. The summed E-state index contributed by atoms with van der Waals surface area (Å²) in [5.74, 6) is 0.0969. The predicted octanol–water partition coefficient (Wildman–Crippen LogP) is 4.51. The van der Waals surface area contributed by atoms with E-state index in [0.29, 0.717) is 36.8 Å². The number of carbonyl (C=O) groups is 2. The molecule has 3 aromatic carbocycles. The van der Waals surface area contributed by atoms with Gasteiger partial charge in [-0.1, -0.05) is 72.3 Å². The zero-order valence-electron chi connectivity index (χ0n) is 19.9. The van der Waals surface area contributed by atoms with Gasteiger partial charge in [0.1, 0.15) is 11.8 Å². The van der Waals surface area contributed by atoms with Crippen LogP contribution in [0.3, 0.4) is 0 Å². The van der Waals surface area contributed by atoms with Crippen LogP contribution in [0.15, 0.2) is 84.9 Å². The van der Waals surface area contributed by atoms with Crippen molar-refractivity contribution in [3.05, 3.63) is 101 Å². The van der Waals surface area contributed by atoms with Crippen molar-refractivity contribution in [2.75, 3.05) is 26.9 Å². The topological polar surface area (TPSA) is 67.9 Å². The standard InChI is InChI=1S/C28H31ClN2O4/c1-34-18-8-17-30-28(33)26(19-22-9-4-2-5-10-22)31(20-23-13-15-24(29)16-14-23)27(32)21-35-25-11-6-3-7-12-25/h2-7,9-16,26H,8,17-21H2,1H3,(H,30,33). The van der Waals surface area contributed by atoms with Gasteiger partial charge in [-0.25, -0.2) is 0 Å². The molecule has 0 aliphatic heterocycles. The summed E-state index contributed by atoms with van der Waals surface area (Å²) in [6.07, 6.45) is 1.06. The first kappa shape index (κ1) is 26.3. The maximum absolute atomic E-state index is 13.5. The molecule has 1 N–H and O–H groups in total. The van der Waals surface area contributed by atoms with E-state index in [1.54, 1.807) is 36.3 Å². The van der Waals surface area contributed by atoms with Crippen LogP contribution >= 0.6 is 11.6 Å². The molecule has 3 aromatic rings. The second-order valence-electron chi connectivity index (χ2n) is 8.09. The van der Waals surface area contributed by atoms with Crippen molar-refractivity contribution < 1.29 is 19.1 Å². The highest BCUT2D eigenvalue weighted by Gasteiger charge is 2.30. The second kappa shape index (κ2) is 14.1. The highest BCUT2D eigenvalue weighted by molar-refractivity contribution is 6.30. The van der Waals surface area contributed by atoms with E-state index < -0.39 is 6.04 Å². The van der Waals surface area contributed by atoms with Crippen LogP contribution in [0.1, 0.15) is 17.5 Å². The third kappa shape index (κ3) is 8.74. The van der Waals surface area contributed by atoms with Crippen molar-refractivity contribution in [1.29, 1.82) is 0 Å². The van der Waals surface area contributed by atoms with E-state index in [0.717, 1.165) is 11.1 Å². The summed E-state index contributed by atoms with van der Waals surface area (Å²) in [5, 5.41) is 3.57. The fraction of sp³-hybridized carbons (Fsp3) is 0.286. The lowest BCUT2D eigenvalue weighted by Gasteiger charge is -2.31. The van der Waals surface area contributed by atoms with Gasteiger partial charge in [-0.3, -0.25) is 9.59 Å². The minimum atomic E-state index is -0.720. The van der Waals surface area contributed by atoms with E-state index in [9.17, 15) is 9.59 Å². The predicted molar refractivity (Wildman–Crippen MR) is 137 cm³/mol. The molecule has 6 nitrogen and oxygen atoms in total. The number of nitrogens with zero attached hydrogens (tertiary/aromatic N) is 1. The summed E-state index contributed by atoms with van der Waals surface area (Å²) in [4.78, 5) is 28.4. The summed E-state index contributed by atoms with van der Waals surface area (Å²) >= 11 is 6.06. The van der Waals surface area contributed by atoms with Crippen LogP contribution < -0.4 is 10.1 Å². The van der Waals surface area contributed by atoms with Crippen LogP contribution in [0.5, 0.6) is 5.75 Å². The van der Waals surface area contributed by atoms with Crippen LogP contribution in [0.25, 0.3) is 0 Å². The SMILES string of the molecule is COCCCNC(=O)C(Cc1ccccc1)N(Cc1ccc(Cl)cc1)C(=O)COc1ccccc1. The van der Waals surface area contributed by atoms with E-state index in [4.69, 9.17) is 21.1 Å². The molecule has 0 heterocycles. The molecule has 7 heteroatoms. The number of nitrogens with one attached hydrogen (secondary N) is 1. The molecule has 0 aliphatic rings. The van der Waals surface area contributed by atoms with Crippen molar-refractivity contribution in [2.24, 2.45) is 0 Å². The summed E-state index contributed by atoms with van der Waals surface area (Å²) < 4.78 is 10.8. The molecule has 0 fully saturated rings. The number of hydrogen-bond donors (Lipinski definition) is 1. The van der Waals surface area contributed by atoms with Crippen LogP contribution in [-0.2, 0) is 27.3 Å². The molecule has 0 saturated heterocycles. The number of halogens is 1. The zero-order chi connectivity index (χ0) is 24.9. The second-order valence-corrected chi connectivity index (χ2v) is 8.53. The highest BCUT2D eigenvalue weighted by atomic mass is 35.5. The largest absolute Gasteiger partial charge is 0.484 e. The Labute approximate surface area is 211 Å². The summed E-state index contributed by atoms with van der Waals surface area (Å²) in [6, 6.07) is 25.4.